The largest absolute Gasteiger partial charge is 0.325 e. The standard InChI is InChI=1S/C14H19N5OS/c1-10(2)8-19-14(16-17-18-19)21-9-13(20)15-12-6-4-11(3)5-7-12/h4-7,10H,8-9H2,1-3H3,(H,15,20). The van der Waals surface area contributed by atoms with Gasteiger partial charge in [-0.3, -0.25) is 4.79 Å². The first kappa shape index (κ1) is 15.5. The van der Waals surface area contributed by atoms with Crippen molar-refractivity contribution in [2.24, 2.45) is 5.92 Å². The molecule has 0 spiro atoms. The number of tetrazole rings is 1. The number of amides is 1. The highest BCUT2D eigenvalue weighted by Crippen LogP contribution is 2.16. The third kappa shape index (κ3) is 4.86. The third-order valence-electron chi connectivity index (χ3n) is 2.70. The number of nitrogens with one attached hydrogen (secondary N) is 1. The van der Waals surface area contributed by atoms with Gasteiger partial charge in [-0.05, 0) is 35.4 Å². The van der Waals surface area contributed by atoms with Gasteiger partial charge in [-0.1, -0.05) is 43.3 Å². The van der Waals surface area contributed by atoms with Gasteiger partial charge in [0.2, 0.25) is 11.1 Å². The molecule has 1 amide bonds. The molecule has 2 rings (SSSR count). The summed E-state index contributed by atoms with van der Waals surface area (Å²) in [4.78, 5) is 11.9. The van der Waals surface area contributed by atoms with Crippen molar-refractivity contribution in [3.63, 3.8) is 0 Å². The van der Waals surface area contributed by atoms with E-state index < -0.39 is 0 Å². The fourth-order valence-corrected chi connectivity index (χ4v) is 2.41. The molecule has 1 N–H and O–H groups in total. The Labute approximate surface area is 128 Å². The van der Waals surface area contributed by atoms with Crippen LogP contribution in [0.25, 0.3) is 0 Å². The Morgan fingerprint density at radius 2 is 2.05 bits per heavy atom. The molecule has 0 bridgehead atoms. The minimum atomic E-state index is -0.0667. The Morgan fingerprint density at radius 3 is 2.71 bits per heavy atom. The van der Waals surface area contributed by atoms with Crippen LogP contribution in [0, 0.1) is 12.8 Å². The second-order valence-electron chi connectivity index (χ2n) is 5.24. The number of benzene rings is 1. The fraction of sp³-hybridized carbons (Fsp3) is 0.429. The van der Waals surface area contributed by atoms with Crippen molar-refractivity contribution in [1.82, 2.24) is 20.2 Å². The lowest BCUT2D eigenvalue weighted by Crippen LogP contribution is -2.15. The van der Waals surface area contributed by atoms with Crippen molar-refractivity contribution in [2.75, 3.05) is 11.1 Å². The van der Waals surface area contributed by atoms with Crippen LogP contribution in [0.15, 0.2) is 29.4 Å². The Hall–Kier alpha value is -1.89. The number of thioether (sulfide) groups is 1. The highest BCUT2D eigenvalue weighted by molar-refractivity contribution is 7.99. The third-order valence-corrected chi connectivity index (χ3v) is 3.66. The maximum Gasteiger partial charge on any atom is 0.234 e. The lowest BCUT2D eigenvalue weighted by molar-refractivity contribution is -0.113. The molecule has 0 atom stereocenters. The monoisotopic (exact) mass is 305 g/mol. The van der Waals surface area contributed by atoms with E-state index in [1.54, 1.807) is 4.68 Å². The van der Waals surface area contributed by atoms with Crippen LogP contribution in [0.3, 0.4) is 0 Å². The number of carbonyl (C=O) groups is 1. The van der Waals surface area contributed by atoms with Gasteiger partial charge >= 0.3 is 0 Å². The van der Waals surface area contributed by atoms with E-state index in [2.05, 4.69) is 34.7 Å². The first-order chi connectivity index (χ1) is 10.0. The van der Waals surface area contributed by atoms with E-state index in [1.165, 1.54) is 11.8 Å². The van der Waals surface area contributed by atoms with Gasteiger partial charge in [0.05, 0.1) is 5.75 Å². The van der Waals surface area contributed by atoms with E-state index in [0.29, 0.717) is 11.1 Å². The van der Waals surface area contributed by atoms with Crippen LogP contribution in [-0.4, -0.2) is 31.9 Å². The van der Waals surface area contributed by atoms with Crippen LogP contribution in [-0.2, 0) is 11.3 Å². The van der Waals surface area contributed by atoms with Gasteiger partial charge in [0, 0.05) is 12.2 Å². The number of aryl methyl sites for hydroxylation is 1. The molecular weight excluding hydrogens is 286 g/mol. The second-order valence-corrected chi connectivity index (χ2v) is 6.18. The fourth-order valence-electron chi connectivity index (χ4n) is 1.72. The van der Waals surface area contributed by atoms with E-state index in [0.717, 1.165) is 17.8 Å². The van der Waals surface area contributed by atoms with Crippen molar-refractivity contribution in [2.45, 2.75) is 32.5 Å². The van der Waals surface area contributed by atoms with Crippen molar-refractivity contribution < 1.29 is 4.79 Å². The predicted octanol–water partition coefficient (Wildman–Crippen LogP) is 2.37. The lowest BCUT2D eigenvalue weighted by Gasteiger charge is -2.07. The van der Waals surface area contributed by atoms with Crippen LogP contribution in [0.2, 0.25) is 0 Å². The number of anilines is 1. The van der Waals surface area contributed by atoms with Gasteiger partial charge in [-0.25, -0.2) is 4.68 Å². The molecule has 0 aliphatic carbocycles. The van der Waals surface area contributed by atoms with Gasteiger partial charge in [0.25, 0.3) is 0 Å². The zero-order valence-electron chi connectivity index (χ0n) is 12.4. The molecule has 0 radical (unpaired) electrons. The molecule has 1 aromatic carbocycles. The molecule has 1 aromatic heterocycles. The van der Waals surface area contributed by atoms with Crippen LogP contribution >= 0.6 is 11.8 Å². The quantitative estimate of drug-likeness (QED) is 0.829. The summed E-state index contributed by atoms with van der Waals surface area (Å²) in [5.41, 5.74) is 1.96. The number of hydrogen-bond acceptors (Lipinski definition) is 5. The van der Waals surface area contributed by atoms with Crippen molar-refractivity contribution in [1.29, 1.82) is 0 Å². The molecule has 21 heavy (non-hydrogen) atoms. The van der Waals surface area contributed by atoms with Crippen molar-refractivity contribution in [3.05, 3.63) is 29.8 Å². The van der Waals surface area contributed by atoms with E-state index in [4.69, 9.17) is 0 Å². The summed E-state index contributed by atoms with van der Waals surface area (Å²) in [6.45, 7) is 6.95. The molecule has 0 aliphatic rings. The Kier molecular flexibility index (Phi) is 5.32. The molecule has 6 nitrogen and oxygen atoms in total. The molecule has 0 fully saturated rings. The maximum atomic E-state index is 11.9. The van der Waals surface area contributed by atoms with Gasteiger partial charge in [0.15, 0.2) is 0 Å². The Morgan fingerprint density at radius 1 is 1.33 bits per heavy atom. The molecule has 0 aliphatic heterocycles. The second kappa shape index (κ2) is 7.21. The smallest absolute Gasteiger partial charge is 0.234 e. The number of aromatic nitrogens is 4. The summed E-state index contributed by atoms with van der Waals surface area (Å²) in [6, 6.07) is 7.71. The van der Waals surface area contributed by atoms with Gasteiger partial charge in [-0.15, -0.1) is 5.10 Å². The normalized spacial score (nSPS) is 10.9. The molecular formula is C14H19N5OS. The summed E-state index contributed by atoms with van der Waals surface area (Å²) in [7, 11) is 0. The van der Waals surface area contributed by atoms with Gasteiger partial charge < -0.3 is 5.32 Å². The summed E-state index contributed by atoms with van der Waals surface area (Å²) in [6.07, 6.45) is 0. The van der Waals surface area contributed by atoms with Crippen LogP contribution in [0.5, 0.6) is 0 Å². The zero-order valence-corrected chi connectivity index (χ0v) is 13.2. The van der Waals surface area contributed by atoms with Crippen LogP contribution in [0.4, 0.5) is 5.69 Å². The maximum absolute atomic E-state index is 11.9. The van der Waals surface area contributed by atoms with Crippen LogP contribution in [0.1, 0.15) is 19.4 Å². The molecule has 0 saturated heterocycles. The van der Waals surface area contributed by atoms with E-state index >= 15 is 0 Å². The average molecular weight is 305 g/mol. The number of rotatable bonds is 6. The zero-order chi connectivity index (χ0) is 15.2. The van der Waals surface area contributed by atoms with Crippen molar-refractivity contribution in [3.8, 4) is 0 Å². The first-order valence-corrected chi connectivity index (χ1v) is 7.78. The predicted molar refractivity (Wildman–Crippen MR) is 83.2 cm³/mol. The Balaban J connectivity index is 1.86. The minimum Gasteiger partial charge on any atom is -0.325 e. The molecule has 1 heterocycles. The van der Waals surface area contributed by atoms with Crippen molar-refractivity contribution >= 4 is 23.4 Å². The highest BCUT2D eigenvalue weighted by atomic mass is 32.2. The Bertz CT molecular complexity index is 594. The van der Waals surface area contributed by atoms with E-state index in [1.807, 2.05) is 31.2 Å². The first-order valence-electron chi connectivity index (χ1n) is 6.80. The molecule has 2 aromatic rings. The summed E-state index contributed by atoms with van der Waals surface area (Å²) >= 11 is 1.34. The molecule has 0 unspecified atom stereocenters. The summed E-state index contributed by atoms with van der Waals surface area (Å²) in [5.74, 6) is 0.670. The highest BCUT2D eigenvalue weighted by Gasteiger charge is 2.11. The number of carbonyl (C=O) groups excluding carboxylic acids is 1. The SMILES string of the molecule is Cc1ccc(NC(=O)CSc2nnnn2CC(C)C)cc1. The van der Waals surface area contributed by atoms with E-state index in [-0.39, 0.29) is 11.7 Å². The topological polar surface area (TPSA) is 72.7 Å². The number of nitrogens with zero attached hydrogens (tertiary/aromatic N) is 4. The average Bonchev–Trinajstić information content (AvgIpc) is 2.85. The molecule has 0 saturated carbocycles. The molecule has 7 heteroatoms. The van der Waals surface area contributed by atoms with E-state index in [9.17, 15) is 4.79 Å². The number of hydrogen-bond donors (Lipinski definition) is 1. The summed E-state index contributed by atoms with van der Waals surface area (Å²) < 4.78 is 1.73. The molecule has 112 valence electrons. The van der Waals surface area contributed by atoms with Gasteiger partial charge in [-0.2, -0.15) is 0 Å². The summed E-state index contributed by atoms with van der Waals surface area (Å²) in [5, 5.41) is 15.1. The lowest BCUT2D eigenvalue weighted by atomic mass is 10.2. The van der Waals surface area contributed by atoms with Gasteiger partial charge in [0.1, 0.15) is 0 Å². The van der Waals surface area contributed by atoms with Crippen LogP contribution < -0.4 is 5.32 Å². The minimum absolute atomic E-state index is 0.0667.